The van der Waals surface area contributed by atoms with Crippen LogP contribution in [0.25, 0.3) is 16.9 Å². The van der Waals surface area contributed by atoms with E-state index in [1.54, 1.807) is 13.2 Å². The van der Waals surface area contributed by atoms with E-state index in [2.05, 4.69) is 20.0 Å². The van der Waals surface area contributed by atoms with Gasteiger partial charge in [-0.3, -0.25) is 0 Å². The first-order chi connectivity index (χ1) is 14.5. The molecule has 1 aromatic carbocycles. The largest absolute Gasteiger partial charge is 0.381 e. The number of hydrogen-bond donors (Lipinski definition) is 0. The maximum atomic E-state index is 15.0. The van der Waals surface area contributed by atoms with Gasteiger partial charge in [-0.1, -0.05) is 11.6 Å². The lowest BCUT2D eigenvalue weighted by Crippen LogP contribution is -2.46. The zero-order valence-corrected chi connectivity index (χ0v) is 16.8. The SMILES string of the molecule is COC1C[C@H]2CC[C@@H](C1)N2c1c(-c2c(F)cc(C#N)cc2F)c(Cl)nc2ncnn12. The first kappa shape index (κ1) is 19.2. The minimum atomic E-state index is -0.880. The van der Waals surface area contributed by atoms with Crippen molar-refractivity contribution in [2.75, 3.05) is 12.0 Å². The summed E-state index contributed by atoms with van der Waals surface area (Å²) in [5.74, 6) is -1.04. The van der Waals surface area contributed by atoms with Gasteiger partial charge in [0.25, 0.3) is 5.78 Å². The number of halogens is 3. The van der Waals surface area contributed by atoms with Gasteiger partial charge in [0.1, 0.15) is 28.9 Å². The Hall–Kier alpha value is -2.83. The van der Waals surface area contributed by atoms with Crippen LogP contribution in [0.15, 0.2) is 18.5 Å². The Morgan fingerprint density at radius 3 is 2.43 bits per heavy atom. The van der Waals surface area contributed by atoms with E-state index in [4.69, 9.17) is 21.6 Å². The number of benzene rings is 1. The number of fused-ring (bicyclic) bond motifs is 3. The van der Waals surface area contributed by atoms with Crippen molar-refractivity contribution >= 4 is 23.2 Å². The molecule has 154 valence electrons. The minimum absolute atomic E-state index is 0.0683. The van der Waals surface area contributed by atoms with E-state index in [0.717, 1.165) is 37.8 Å². The van der Waals surface area contributed by atoms with Crippen molar-refractivity contribution in [1.82, 2.24) is 19.6 Å². The quantitative estimate of drug-likeness (QED) is 0.589. The first-order valence-corrected chi connectivity index (χ1v) is 9.99. The molecule has 2 bridgehead atoms. The monoisotopic (exact) mass is 430 g/mol. The van der Waals surface area contributed by atoms with Crippen LogP contribution in [0.4, 0.5) is 14.6 Å². The summed E-state index contributed by atoms with van der Waals surface area (Å²) in [4.78, 5) is 10.5. The molecule has 2 fully saturated rings. The normalized spacial score (nSPS) is 23.2. The molecule has 30 heavy (non-hydrogen) atoms. The number of aromatic nitrogens is 4. The molecule has 3 aromatic rings. The third kappa shape index (κ3) is 2.82. The lowest BCUT2D eigenvalue weighted by molar-refractivity contribution is 0.0681. The van der Waals surface area contributed by atoms with Crippen molar-refractivity contribution in [2.45, 2.75) is 43.9 Å². The average Bonchev–Trinajstić information content (AvgIpc) is 3.28. The van der Waals surface area contributed by atoms with E-state index < -0.39 is 11.6 Å². The number of ether oxygens (including phenoxy) is 1. The number of hydrogen-bond acceptors (Lipinski definition) is 6. The van der Waals surface area contributed by atoms with E-state index in [1.807, 2.05) is 0 Å². The van der Waals surface area contributed by atoms with Crippen LogP contribution in [0.2, 0.25) is 5.15 Å². The fourth-order valence-corrected chi connectivity index (χ4v) is 5.05. The van der Waals surface area contributed by atoms with Gasteiger partial charge in [-0.05, 0) is 37.8 Å². The number of methoxy groups -OCH3 is 1. The number of piperidine rings is 1. The van der Waals surface area contributed by atoms with Gasteiger partial charge < -0.3 is 9.64 Å². The summed E-state index contributed by atoms with van der Waals surface area (Å²) >= 11 is 6.47. The van der Waals surface area contributed by atoms with Crippen molar-refractivity contribution in [3.63, 3.8) is 0 Å². The predicted octanol–water partition coefficient (Wildman–Crippen LogP) is 3.74. The Morgan fingerprint density at radius 2 is 1.83 bits per heavy atom. The van der Waals surface area contributed by atoms with Crippen LogP contribution in [0.1, 0.15) is 31.2 Å². The van der Waals surface area contributed by atoms with Gasteiger partial charge in [0, 0.05) is 19.2 Å². The molecule has 2 saturated heterocycles. The molecule has 7 nitrogen and oxygen atoms in total. The molecular weight excluding hydrogens is 414 g/mol. The fraction of sp³-hybridized carbons (Fsp3) is 0.400. The second-order valence-corrected chi connectivity index (χ2v) is 7.98. The highest BCUT2D eigenvalue weighted by atomic mass is 35.5. The maximum absolute atomic E-state index is 15.0. The molecule has 0 N–H and O–H groups in total. The van der Waals surface area contributed by atoms with E-state index >= 15 is 8.78 Å². The standard InChI is InChI=1S/C20H17ClF2N6O/c1-30-13-6-11-2-3-12(7-13)28(11)19-17(18(21)27-20-25-9-26-29(19)20)16-14(22)4-10(8-24)5-15(16)23/h4-5,9,11-13H,2-3,6-7H2,1H3/t11-,12+,13?. The van der Waals surface area contributed by atoms with E-state index in [0.29, 0.717) is 5.82 Å². The second-order valence-electron chi connectivity index (χ2n) is 7.62. The van der Waals surface area contributed by atoms with Crippen LogP contribution in [0.5, 0.6) is 0 Å². The molecule has 2 aromatic heterocycles. The van der Waals surface area contributed by atoms with Gasteiger partial charge in [0.15, 0.2) is 0 Å². The smallest absolute Gasteiger partial charge is 0.255 e. The van der Waals surface area contributed by atoms with E-state index in [9.17, 15) is 0 Å². The molecule has 0 aliphatic carbocycles. The molecule has 0 saturated carbocycles. The molecule has 1 unspecified atom stereocenters. The Morgan fingerprint density at radius 1 is 1.17 bits per heavy atom. The van der Waals surface area contributed by atoms with Crippen molar-refractivity contribution < 1.29 is 13.5 Å². The Kier molecular flexibility index (Phi) is 4.56. The zero-order valence-electron chi connectivity index (χ0n) is 16.0. The number of anilines is 1. The predicted molar refractivity (Wildman–Crippen MR) is 105 cm³/mol. The molecule has 0 radical (unpaired) electrons. The third-order valence-corrected chi connectivity index (χ3v) is 6.32. The summed E-state index contributed by atoms with van der Waals surface area (Å²) in [5.41, 5.74) is -0.323. The lowest BCUT2D eigenvalue weighted by Gasteiger charge is -2.40. The molecule has 10 heteroatoms. The van der Waals surface area contributed by atoms with E-state index in [1.165, 1.54) is 10.8 Å². The first-order valence-electron chi connectivity index (χ1n) is 9.61. The van der Waals surface area contributed by atoms with Crippen LogP contribution >= 0.6 is 11.6 Å². The van der Waals surface area contributed by atoms with Gasteiger partial charge in [-0.15, -0.1) is 0 Å². The second kappa shape index (κ2) is 7.15. The number of rotatable bonds is 3. The molecule has 3 atom stereocenters. The maximum Gasteiger partial charge on any atom is 0.255 e. The highest BCUT2D eigenvalue weighted by Gasteiger charge is 2.44. The van der Waals surface area contributed by atoms with Crippen molar-refractivity contribution in [2.24, 2.45) is 0 Å². The van der Waals surface area contributed by atoms with Crippen LogP contribution in [-0.2, 0) is 4.74 Å². The third-order valence-electron chi connectivity index (χ3n) is 6.05. The fourth-order valence-electron chi connectivity index (χ4n) is 4.80. The van der Waals surface area contributed by atoms with Gasteiger partial charge in [0.2, 0.25) is 0 Å². The van der Waals surface area contributed by atoms with Crippen molar-refractivity contribution in [3.8, 4) is 17.2 Å². The molecule has 4 heterocycles. The average molecular weight is 431 g/mol. The van der Waals surface area contributed by atoms with Crippen LogP contribution in [0.3, 0.4) is 0 Å². The zero-order chi connectivity index (χ0) is 21.0. The van der Waals surface area contributed by atoms with Crippen LogP contribution in [-0.4, -0.2) is 44.9 Å². The number of nitriles is 1. The molecule has 0 amide bonds. The highest BCUT2D eigenvalue weighted by molar-refractivity contribution is 6.33. The molecular formula is C20H17ClF2N6O. The molecule has 2 aliphatic heterocycles. The number of nitrogens with zero attached hydrogens (tertiary/aromatic N) is 6. The highest BCUT2D eigenvalue weighted by Crippen LogP contribution is 2.46. The molecule has 2 aliphatic rings. The van der Waals surface area contributed by atoms with Gasteiger partial charge in [0.05, 0.1) is 28.9 Å². The summed E-state index contributed by atoms with van der Waals surface area (Å²) in [7, 11) is 1.70. The summed E-state index contributed by atoms with van der Waals surface area (Å²) in [6.07, 6.45) is 4.91. The summed E-state index contributed by atoms with van der Waals surface area (Å²) in [5, 5.41) is 13.2. The molecule has 5 rings (SSSR count). The van der Waals surface area contributed by atoms with Crippen LogP contribution < -0.4 is 4.90 Å². The molecule has 0 spiro atoms. The minimum Gasteiger partial charge on any atom is -0.381 e. The van der Waals surface area contributed by atoms with Crippen LogP contribution in [0, 0.1) is 23.0 Å². The van der Waals surface area contributed by atoms with Gasteiger partial charge in [-0.2, -0.15) is 24.8 Å². The summed E-state index contributed by atoms with van der Waals surface area (Å²) in [6.45, 7) is 0. The van der Waals surface area contributed by atoms with Gasteiger partial charge in [-0.25, -0.2) is 8.78 Å². The van der Waals surface area contributed by atoms with Crippen molar-refractivity contribution in [1.29, 1.82) is 5.26 Å². The summed E-state index contributed by atoms with van der Waals surface area (Å²) < 4.78 is 37.1. The Bertz CT molecular complexity index is 1150. The summed E-state index contributed by atoms with van der Waals surface area (Å²) in [6, 6.07) is 3.98. The Labute approximate surface area is 175 Å². The lowest BCUT2D eigenvalue weighted by atomic mass is 9.97. The van der Waals surface area contributed by atoms with E-state index in [-0.39, 0.29) is 45.8 Å². The topological polar surface area (TPSA) is 79.3 Å². The van der Waals surface area contributed by atoms with Crippen molar-refractivity contribution in [3.05, 3.63) is 40.8 Å². The Balaban J connectivity index is 1.78. The van der Waals surface area contributed by atoms with Gasteiger partial charge >= 0.3 is 0 Å².